The van der Waals surface area contributed by atoms with Crippen LogP contribution in [0.4, 0.5) is 5.82 Å². The maximum absolute atomic E-state index is 12.2. The van der Waals surface area contributed by atoms with E-state index < -0.39 is 12.2 Å². The summed E-state index contributed by atoms with van der Waals surface area (Å²) >= 11 is 0. The van der Waals surface area contributed by atoms with Gasteiger partial charge in [-0.05, 0) is 45.2 Å². The molecule has 3 heterocycles. The van der Waals surface area contributed by atoms with Gasteiger partial charge in [0.25, 0.3) is 5.91 Å². The molecule has 2 aliphatic rings. The standard InChI is InChI=1S/C20H32N4O3/c1-15(2)22-20(26)19-17(25)7-6-16(27-19)8-10-23-11-13-24(14-12-23)18-5-3-4-9-21-18/h3-5,9,15-17,19,25H,6-8,10-14H2,1-2H3,(H,22,26)/t16-,17-,19+/m0/s1. The molecule has 1 aromatic heterocycles. The maximum Gasteiger partial charge on any atom is 0.252 e. The molecule has 27 heavy (non-hydrogen) atoms. The number of carbonyl (C=O) groups excluding carboxylic acids is 1. The van der Waals surface area contributed by atoms with Crippen molar-refractivity contribution in [1.82, 2.24) is 15.2 Å². The summed E-state index contributed by atoms with van der Waals surface area (Å²) < 4.78 is 5.93. The molecule has 0 unspecified atom stereocenters. The van der Waals surface area contributed by atoms with Crippen LogP contribution in [0.15, 0.2) is 24.4 Å². The molecule has 2 aliphatic heterocycles. The Kier molecular flexibility index (Phi) is 7.04. The van der Waals surface area contributed by atoms with Gasteiger partial charge in [-0.2, -0.15) is 0 Å². The first-order valence-electron chi connectivity index (χ1n) is 10.0. The summed E-state index contributed by atoms with van der Waals surface area (Å²) in [6.07, 6.45) is 2.73. The van der Waals surface area contributed by atoms with Crippen molar-refractivity contribution < 1.29 is 14.6 Å². The molecule has 2 fully saturated rings. The molecule has 0 radical (unpaired) electrons. The van der Waals surface area contributed by atoms with E-state index in [0.717, 1.165) is 51.4 Å². The van der Waals surface area contributed by atoms with Gasteiger partial charge in [-0.3, -0.25) is 9.69 Å². The number of nitrogens with zero attached hydrogens (tertiary/aromatic N) is 3. The smallest absolute Gasteiger partial charge is 0.252 e. The average Bonchev–Trinajstić information content (AvgIpc) is 2.68. The highest BCUT2D eigenvalue weighted by molar-refractivity contribution is 5.81. The third-order valence-corrected chi connectivity index (χ3v) is 5.28. The van der Waals surface area contributed by atoms with Crippen LogP contribution in [0, 0.1) is 0 Å². The molecule has 1 amide bonds. The summed E-state index contributed by atoms with van der Waals surface area (Å²) in [7, 11) is 0. The molecule has 2 N–H and O–H groups in total. The van der Waals surface area contributed by atoms with E-state index in [1.54, 1.807) is 0 Å². The highest BCUT2D eigenvalue weighted by atomic mass is 16.5. The summed E-state index contributed by atoms with van der Waals surface area (Å²) in [5.74, 6) is 0.840. The number of piperazine rings is 1. The minimum absolute atomic E-state index is 0.0325. The molecule has 0 saturated carbocycles. The van der Waals surface area contributed by atoms with Crippen molar-refractivity contribution in [2.75, 3.05) is 37.6 Å². The van der Waals surface area contributed by atoms with E-state index in [9.17, 15) is 9.90 Å². The Bertz CT molecular complexity index is 590. The Balaban J connectivity index is 1.42. The number of ether oxygens (including phenoxy) is 1. The second-order valence-corrected chi connectivity index (χ2v) is 7.79. The number of aromatic nitrogens is 1. The predicted octanol–water partition coefficient (Wildman–Crippen LogP) is 1.03. The summed E-state index contributed by atoms with van der Waals surface area (Å²) in [6, 6.07) is 6.06. The lowest BCUT2D eigenvalue weighted by Gasteiger charge is -2.37. The van der Waals surface area contributed by atoms with E-state index in [0.29, 0.717) is 6.42 Å². The van der Waals surface area contributed by atoms with E-state index in [4.69, 9.17) is 4.74 Å². The fraction of sp³-hybridized carbons (Fsp3) is 0.700. The molecule has 0 aliphatic carbocycles. The van der Waals surface area contributed by atoms with Crippen LogP contribution in [0.25, 0.3) is 0 Å². The van der Waals surface area contributed by atoms with Crippen LogP contribution in [0.1, 0.15) is 33.1 Å². The molecule has 150 valence electrons. The van der Waals surface area contributed by atoms with E-state index in [2.05, 4.69) is 26.2 Å². The van der Waals surface area contributed by atoms with Crippen molar-refractivity contribution in [2.24, 2.45) is 0 Å². The van der Waals surface area contributed by atoms with Gasteiger partial charge in [0.05, 0.1) is 12.2 Å². The number of anilines is 1. The Labute approximate surface area is 161 Å². The van der Waals surface area contributed by atoms with Crippen molar-refractivity contribution in [2.45, 2.75) is 57.5 Å². The zero-order chi connectivity index (χ0) is 19.2. The summed E-state index contributed by atoms with van der Waals surface area (Å²) in [4.78, 5) is 21.4. The van der Waals surface area contributed by atoms with Crippen LogP contribution >= 0.6 is 0 Å². The van der Waals surface area contributed by atoms with Gasteiger partial charge in [0.1, 0.15) is 5.82 Å². The predicted molar refractivity (Wildman–Crippen MR) is 105 cm³/mol. The number of aliphatic hydroxyl groups is 1. The Hall–Kier alpha value is -1.70. The molecule has 1 aromatic rings. The molecule has 3 rings (SSSR count). The lowest BCUT2D eigenvalue weighted by Crippen LogP contribution is -2.51. The van der Waals surface area contributed by atoms with Crippen molar-refractivity contribution in [3.05, 3.63) is 24.4 Å². The second kappa shape index (κ2) is 9.48. The highest BCUT2D eigenvalue weighted by Crippen LogP contribution is 2.23. The maximum atomic E-state index is 12.2. The first kappa shape index (κ1) is 20.0. The largest absolute Gasteiger partial charge is 0.390 e. The molecular weight excluding hydrogens is 344 g/mol. The van der Waals surface area contributed by atoms with E-state index in [1.165, 1.54) is 0 Å². The quantitative estimate of drug-likeness (QED) is 0.772. The third kappa shape index (κ3) is 5.64. The number of pyridine rings is 1. The van der Waals surface area contributed by atoms with Gasteiger partial charge in [0.2, 0.25) is 0 Å². The number of aliphatic hydroxyl groups excluding tert-OH is 1. The Morgan fingerprint density at radius 1 is 1.30 bits per heavy atom. The van der Waals surface area contributed by atoms with E-state index in [-0.39, 0.29) is 18.1 Å². The third-order valence-electron chi connectivity index (χ3n) is 5.28. The summed E-state index contributed by atoms with van der Waals surface area (Å²) in [5.41, 5.74) is 0. The topological polar surface area (TPSA) is 77.9 Å². The number of hydrogen-bond donors (Lipinski definition) is 2. The van der Waals surface area contributed by atoms with Gasteiger partial charge >= 0.3 is 0 Å². The van der Waals surface area contributed by atoms with Crippen LogP contribution in [0.3, 0.4) is 0 Å². The lowest BCUT2D eigenvalue weighted by molar-refractivity contribution is -0.159. The zero-order valence-corrected chi connectivity index (χ0v) is 16.4. The number of carbonyl (C=O) groups is 1. The minimum atomic E-state index is -0.743. The zero-order valence-electron chi connectivity index (χ0n) is 16.4. The molecule has 0 spiro atoms. The van der Waals surface area contributed by atoms with Crippen LogP contribution in [0.5, 0.6) is 0 Å². The SMILES string of the molecule is CC(C)NC(=O)[C@@H]1O[C@H](CCN2CCN(c3ccccn3)CC2)CC[C@@H]1O. The second-order valence-electron chi connectivity index (χ2n) is 7.79. The number of amides is 1. The van der Waals surface area contributed by atoms with Gasteiger partial charge in [-0.25, -0.2) is 4.98 Å². The Morgan fingerprint density at radius 2 is 2.07 bits per heavy atom. The minimum Gasteiger partial charge on any atom is -0.390 e. The van der Waals surface area contributed by atoms with Crippen LogP contribution in [-0.2, 0) is 9.53 Å². The van der Waals surface area contributed by atoms with Gasteiger partial charge < -0.3 is 20.1 Å². The van der Waals surface area contributed by atoms with Crippen molar-refractivity contribution in [3.8, 4) is 0 Å². The molecule has 0 bridgehead atoms. The van der Waals surface area contributed by atoms with Crippen molar-refractivity contribution in [1.29, 1.82) is 0 Å². The lowest BCUT2D eigenvalue weighted by atomic mass is 9.98. The fourth-order valence-corrected chi connectivity index (χ4v) is 3.76. The highest BCUT2D eigenvalue weighted by Gasteiger charge is 2.35. The molecular formula is C20H32N4O3. The van der Waals surface area contributed by atoms with Gasteiger partial charge in [-0.1, -0.05) is 6.07 Å². The van der Waals surface area contributed by atoms with Crippen LogP contribution in [-0.4, -0.2) is 78.0 Å². The Morgan fingerprint density at radius 3 is 2.74 bits per heavy atom. The molecule has 3 atom stereocenters. The monoisotopic (exact) mass is 376 g/mol. The van der Waals surface area contributed by atoms with Crippen LogP contribution in [0.2, 0.25) is 0 Å². The van der Waals surface area contributed by atoms with E-state index >= 15 is 0 Å². The fourth-order valence-electron chi connectivity index (χ4n) is 3.76. The average molecular weight is 377 g/mol. The van der Waals surface area contributed by atoms with Crippen LogP contribution < -0.4 is 10.2 Å². The van der Waals surface area contributed by atoms with Gasteiger partial charge in [-0.15, -0.1) is 0 Å². The van der Waals surface area contributed by atoms with E-state index in [1.807, 2.05) is 32.2 Å². The van der Waals surface area contributed by atoms with Crippen molar-refractivity contribution in [3.63, 3.8) is 0 Å². The molecule has 7 heteroatoms. The van der Waals surface area contributed by atoms with Gasteiger partial charge in [0, 0.05) is 45.0 Å². The molecule has 7 nitrogen and oxygen atoms in total. The van der Waals surface area contributed by atoms with Crippen molar-refractivity contribution >= 4 is 11.7 Å². The normalized spacial score (nSPS) is 27.0. The summed E-state index contributed by atoms with van der Waals surface area (Å²) in [6.45, 7) is 8.73. The first-order valence-corrected chi connectivity index (χ1v) is 10.0. The first-order chi connectivity index (χ1) is 13.0. The number of hydrogen-bond acceptors (Lipinski definition) is 6. The number of nitrogens with one attached hydrogen (secondary N) is 1. The molecule has 2 saturated heterocycles. The number of rotatable bonds is 6. The van der Waals surface area contributed by atoms with Gasteiger partial charge in [0.15, 0.2) is 6.10 Å². The summed E-state index contributed by atoms with van der Waals surface area (Å²) in [5, 5.41) is 13.0. The molecule has 0 aromatic carbocycles.